The molecule has 7 heteroatoms. The molecule has 126 valence electrons. The maximum atomic E-state index is 12.0. The van der Waals surface area contributed by atoms with E-state index in [1.807, 2.05) is 0 Å². The molecule has 0 spiro atoms. The van der Waals surface area contributed by atoms with Gasteiger partial charge in [-0.3, -0.25) is 20.4 Å². The lowest BCUT2D eigenvalue weighted by molar-refractivity contribution is 0.0938. The number of aromatic nitrogens is 1. The van der Waals surface area contributed by atoms with E-state index in [0.717, 1.165) is 6.42 Å². The minimum atomic E-state index is -0.369. The lowest BCUT2D eigenvalue weighted by Gasteiger charge is -2.35. The topological polar surface area (TPSA) is 86.0 Å². The molecule has 1 amide bonds. The van der Waals surface area contributed by atoms with Gasteiger partial charge in [-0.05, 0) is 43.5 Å². The predicted octanol–water partition coefficient (Wildman–Crippen LogP) is 2.15. The van der Waals surface area contributed by atoms with Crippen molar-refractivity contribution < 1.29 is 9.59 Å². The van der Waals surface area contributed by atoms with Crippen LogP contribution in [0.3, 0.4) is 0 Å². The van der Waals surface area contributed by atoms with Crippen molar-refractivity contribution in [3.8, 4) is 0 Å². The summed E-state index contributed by atoms with van der Waals surface area (Å²) in [6, 6.07) is 1.84. The molecule has 6 nitrogen and oxygen atoms in total. The number of hydrazine groups is 1. The van der Waals surface area contributed by atoms with E-state index in [-0.39, 0.29) is 11.7 Å². The Morgan fingerprint density at radius 1 is 1.26 bits per heavy atom. The number of nitrogens with one attached hydrogen (secondary N) is 4. The van der Waals surface area contributed by atoms with Gasteiger partial charge in [-0.25, -0.2) is 0 Å². The van der Waals surface area contributed by atoms with Crippen LogP contribution in [0.15, 0.2) is 12.3 Å². The first-order valence-corrected chi connectivity index (χ1v) is 8.35. The molecule has 2 rings (SSSR count). The molecule has 4 N–H and O–H groups in total. The summed E-state index contributed by atoms with van der Waals surface area (Å²) in [7, 11) is 0. The fourth-order valence-electron chi connectivity index (χ4n) is 2.90. The normalized spacial score (nSPS) is 23.9. The summed E-state index contributed by atoms with van der Waals surface area (Å²) in [5.74, 6) is 0.751. The van der Waals surface area contributed by atoms with Gasteiger partial charge >= 0.3 is 0 Å². The highest BCUT2D eigenvalue weighted by Crippen LogP contribution is 2.29. The van der Waals surface area contributed by atoms with E-state index in [1.54, 1.807) is 0 Å². The third-order valence-electron chi connectivity index (χ3n) is 4.65. The zero-order valence-electron chi connectivity index (χ0n) is 13.7. The molecule has 1 saturated carbocycles. The molecule has 0 bridgehead atoms. The highest BCUT2D eigenvalue weighted by Gasteiger charge is 2.27. The Morgan fingerprint density at radius 3 is 2.65 bits per heavy atom. The highest BCUT2D eigenvalue weighted by molar-refractivity contribution is 7.80. The number of carbonyl (C=O) groups is 2. The minimum absolute atomic E-state index is 0.0918. The van der Waals surface area contributed by atoms with Crippen molar-refractivity contribution in [1.82, 2.24) is 21.2 Å². The SMILES string of the molecule is CC(=O)c1c[nH]c(C(=O)NNC(=S)N[C@H]2CCC[C@@H](C)[C@H]2C)c1. The van der Waals surface area contributed by atoms with Gasteiger partial charge in [-0.2, -0.15) is 0 Å². The van der Waals surface area contributed by atoms with E-state index >= 15 is 0 Å². The second kappa shape index (κ2) is 7.59. The number of H-pyrrole nitrogens is 1. The molecule has 0 radical (unpaired) electrons. The molecule has 1 heterocycles. The standard InChI is InChI=1S/C16H24N4O2S/c1-9-5-4-6-13(10(9)2)18-16(23)20-19-15(22)14-7-12(8-17-14)11(3)21/h7-10,13,17H,4-6H2,1-3H3,(H,19,22)(H2,18,20,23)/t9-,10-,13+/m1/s1. The monoisotopic (exact) mass is 336 g/mol. The third kappa shape index (κ3) is 4.54. The summed E-state index contributed by atoms with van der Waals surface area (Å²) in [6.07, 6.45) is 5.04. The van der Waals surface area contributed by atoms with Gasteiger partial charge in [-0.15, -0.1) is 0 Å². The number of rotatable bonds is 3. The first kappa shape index (κ1) is 17.5. The third-order valence-corrected chi connectivity index (χ3v) is 4.87. The number of Topliss-reactive ketones (excluding diaryl/α,β-unsaturated/α-hetero) is 1. The average molecular weight is 336 g/mol. The molecular weight excluding hydrogens is 312 g/mol. The number of aromatic amines is 1. The van der Waals surface area contributed by atoms with Gasteiger partial charge < -0.3 is 10.3 Å². The number of thiocarbonyl (C=S) groups is 1. The Hall–Kier alpha value is -1.89. The Morgan fingerprint density at radius 2 is 2.00 bits per heavy atom. The molecule has 1 aromatic heterocycles. The van der Waals surface area contributed by atoms with Crippen molar-refractivity contribution in [1.29, 1.82) is 0 Å². The van der Waals surface area contributed by atoms with Crippen molar-refractivity contribution in [3.05, 3.63) is 23.5 Å². The fourth-order valence-corrected chi connectivity index (χ4v) is 3.10. The molecule has 1 fully saturated rings. The summed E-state index contributed by atoms with van der Waals surface area (Å²) in [5.41, 5.74) is 6.03. The van der Waals surface area contributed by atoms with Crippen LogP contribution >= 0.6 is 12.2 Å². The molecule has 23 heavy (non-hydrogen) atoms. The van der Waals surface area contributed by atoms with Crippen LogP contribution in [-0.4, -0.2) is 27.8 Å². The van der Waals surface area contributed by atoms with Crippen LogP contribution in [0, 0.1) is 11.8 Å². The van der Waals surface area contributed by atoms with Crippen LogP contribution < -0.4 is 16.2 Å². The van der Waals surface area contributed by atoms with E-state index in [0.29, 0.717) is 34.2 Å². The molecule has 1 aromatic rings. The van der Waals surface area contributed by atoms with Crippen LogP contribution in [-0.2, 0) is 0 Å². The predicted molar refractivity (Wildman–Crippen MR) is 93.1 cm³/mol. The van der Waals surface area contributed by atoms with Gasteiger partial charge in [0.2, 0.25) is 0 Å². The van der Waals surface area contributed by atoms with Gasteiger partial charge in [-0.1, -0.05) is 26.7 Å². The zero-order chi connectivity index (χ0) is 17.0. The Balaban J connectivity index is 1.81. The largest absolute Gasteiger partial charge is 0.358 e. The van der Waals surface area contributed by atoms with Crippen molar-refractivity contribution in [2.75, 3.05) is 0 Å². The molecule has 0 aromatic carbocycles. The summed E-state index contributed by atoms with van der Waals surface area (Å²) < 4.78 is 0. The second-order valence-corrected chi connectivity index (χ2v) is 6.69. The van der Waals surface area contributed by atoms with Crippen LogP contribution in [0.1, 0.15) is 60.9 Å². The number of hydrogen-bond donors (Lipinski definition) is 4. The molecule has 1 aliphatic rings. The average Bonchev–Trinajstić information content (AvgIpc) is 3.00. The van der Waals surface area contributed by atoms with Gasteiger partial charge in [0.25, 0.3) is 5.91 Å². The fraction of sp³-hybridized carbons (Fsp3) is 0.562. The Bertz CT molecular complexity index is 599. The molecule has 3 atom stereocenters. The second-order valence-electron chi connectivity index (χ2n) is 6.28. The number of amides is 1. The highest BCUT2D eigenvalue weighted by atomic mass is 32.1. The van der Waals surface area contributed by atoms with Crippen molar-refractivity contribution >= 4 is 29.0 Å². The quantitative estimate of drug-likeness (QED) is 0.386. The van der Waals surface area contributed by atoms with E-state index in [4.69, 9.17) is 12.2 Å². The first-order valence-electron chi connectivity index (χ1n) is 7.94. The van der Waals surface area contributed by atoms with Gasteiger partial charge in [0, 0.05) is 17.8 Å². The van der Waals surface area contributed by atoms with E-state index in [1.165, 1.54) is 32.0 Å². The maximum absolute atomic E-state index is 12.0. The smallest absolute Gasteiger partial charge is 0.286 e. The van der Waals surface area contributed by atoms with Crippen LogP contribution in [0.2, 0.25) is 0 Å². The van der Waals surface area contributed by atoms with E-state index in [2.05, 4.69) is 35.0 Å². The lowest BCUT2D eigenvalue weighted by Crippen LogP contribution is -2.52. The lowest BCUT2D eigenvalue weighted by atomic mass is 9.78. The van der Waals surface area contributed by atoms with E-state index in [9.17, 15) is 9.59 Å². The van der Waals surface area contributed by atoms with Crippen LogP contribution in [0.25, 0.3) is 0 Å². The number of ketones is 1. The minimum Gasteiger partial charge on any atom is -0.358 e. The summed E-state index contributed by atoms with van der Waals surface area (Å²) in [6.45, 7) is 5.94. The molecular formula is C16H24N4O2S. The van der Waals surface area contributed by atoms with Crippen molar-refractivity contribution in [2.24, 2.45) is 11.8 Å². The van der Waals surface area contributed by atoms with E-state index < -0.39 is 0 Å². The Kier molecular flexibility index (Phi) is 5.76. The number of hydrogen-bond acceptors (Lipinski definition) is 3. The summed E-state index contributed by atoms with van der Waals surface area (Å²) in [5, 5.41) is 3.68. The first-order chi connectivity index (χ1) is 10.9. The number of carbonyl (C=O) groups excluding carboxylic acids is 2. The Labute approximate surface area is 141 Å². The van der Waals surface area contributed by atoms with Crippen LogP contribution in [0.5, 0.6) is 0 Å². The molecule has 0 unspecified atom stereocenters. The van der Waals surface area contributed by atoms with Gasteiger partial charge in [0.05, 0.1) is 0 Å². The molecule has 0 saturated heterocycles. The van der Waals surface area contributed by atoms with Crippen LogP contribution in [0.4, 0.5) is 0 Å². The summed E-state index contributed by atoms with van der Waals surface area (Å²) in [4.78, 5) is 26.0. The maximum Gasteiger partial charge on any atom is 0.286 e. The molecule has 0 aliphatic heterocycles. The van der Waals surface area contributed by atoms with Gasteiger partial charge in [0.15, 0.2) is 10.9 Å². The zero-order valence-corrected chi connectivity index (χ0v) is 14.5. The van der Waals surface area contributed by atoms with Crippen molar-refractivity contribution in [2.45, 2.75) is 46.1 Å². The molecule has 1 aliphatic carbocycles. The summed E-state index contributed by atoms with van der Waals surface area (Å²) >= 11 is 5.24. The van der Waals surface area contributed by atoms with Gasteiger partial charge in [0.1, 0.15) is 5.69 Å². The van der Waals surface area contributed by atoms with Crippen molar-refractivity contribution in [3.63, 3.8) is 0 Å².